The molecule has 0 radical (unpaired) electrons. The van der Waals surface area contributed by atoms with Gasteiger partial charge in [-0.1, -0.05) is 0 Å². The number of halogens is 1. The van der Waals surface area contributed by atoms with Crippen molar-refractivity contribution in [3.05, 3.63) is 21.5 Å². The van der Waals surface area contributed by atoms with Crippen LogP contribution < -0.4 is 0 Å². The minimum Gasteiger partial charge on any atom is -0.477 e. The minimum absolute atomic E-state index is 0.354. The van der Waals surface area contributed by atoms with Crippen molar-refractivity contribution in [2.24, 2.45) is 5.92 Å². The molecule has 3 aliphatic rings. The highest BCUT2D eigenvalue weighted by atomic mass is 127. The molecule has 4 heterocycles. The molecule has 3 aliphatic heterocycles. The van der Waals surface area contributed by atoms with E-state index in [-0.39, 0.29) is 0 Å². The van der Waals surface area contributed by atoms with Crippen molar-refractivity contribution >= 4 is 28.6 Å². The minimum atomic E-state index is -0.815. The predicted molar refractivity (Wildman–Crippen MR) is 72.3 cm³/mol. The fraction of sp³-hybridized carbons (Fsp3) is 0.583. The summed E-state index contributed by atoms with van der Waals surface area (Å²) in [5.74, 6) is -0.161. The van der Waals surface area contributed by atoms with Gasteiger partial charge in [-0.2, -0.15) is 0 Å². The molecule has 0 spiro atoms. The molecule has 2 bridgehead atoms. The third-order valence-corrected chi connectivity index (χ3v) is 4.60. The lowest BCUT2D eigenvalue weighted by Crippen LogP contribution is -2.48. The van der Waals surface area contributed by atoms with Crippen LogP contribution in [-0.2, 0) is 0 Å². The van der Waals surface area contributed by atoms with E-state index in [2.05, 4.69) is 27.5 Å². The number of carboxylic acid groups (broad SMARTS) is 1. The van der Waals surface area contributed by atoms with E-state index >= 15 is 0 Å². The summed E-state index contributed by atoms with van der Waals surface area (Å²) in [5.41, 5.74) is 0.438. The predicted octanol–water partition coefficient (Wildman–Crippen LogP) is 2.06. The number of aromatic nitrogens is 1. The van der Waals surface area contributed by atoms with Gasteiger partial charge in [-0.3, -0.25) is 0 Å². The Labute approximate surface area is 114 Å². The Balaban J connectivity index is 1.96. The van der Waals surface area contributed by atoms with E-state index in [0.717, 1.165) is 10.1 Å². The highest BCUT2D eigenvalue weighted by molar-refractivity contribution is 14.1. The van der Waals surface area contributed by atoms with Gasteiger partial charge in [0.25, 0.3) is 0 Å². The van der Waals surface area contributed by atoms with E-state index < -0.39 is 5.97 Å². The Bertz CT molecular complexity index is 449. The quantitative estimate of drug-likeness (QED) is 0.834. The normalized spacial score (nSPS) is 31.7. The fourth-order valence-electron chi connectivity index (χ4n) is 3.14. The Morgan fingerprint density at radius 2 is 2.12 bits per heavy atom. The second kappa shape index (κ2) is 4.28. The summed E-state index contributed by atoms with van der Waals surface area (Å²) in [6.45, 7) is 3.37. The van der Waals surface area contributed by atoms with Crippen LogP contribution in [0.3, 0.4) is 0 Å². The van der Waals surface area contributed by atoms with Gasteiger partial charge >= 0.3 is 5.97 Å². The Morgan fingerprint density at radius 3 is 2.65 bits per heavy atom. The van der Waals surface area contributed by atoms with Gasteiger partial charge in [-0.15, -0.1) is 0 Å². The van der Waals surface area contributed by atoms with Crippen molar-refractivity contribution in [2.75, 3.05) is 19.6 Å². The molecular formula is C12H15IN2O2. The van der Waals surface area contributed by atoms with E-state index in [4.69, 9.17) is 0 Å². The second-order valence-corrected chi connectivity index (χ2v) is 6.21. The Kier molecular flexibility index (Phi) is 2.90. The number of hydrogen-bond donors (Lipinski definition) is 1. The molecule has 1 aromatic rings. The van der Waals surface area contributed by atoms with Gasteiger partial charge in [0.2, 0.25) is 0 Å². The van der Waals surface area contributed by atoms with Crippen molar-refractivity contribution in [3.8, 4) is 0 Å². The van der Waals surface area contributed by atoms with Crippen molar-refractivity contribution < 1.29 is 9.90 Å². The van der Waals surface area contributed by atoms with Gasteiger partial charge < -0.3 is 14.6 Å². The van der Waals surface area contributed by atoms with Crippen LogP contribution in [0.1, 0.15) is 29.4 Å². The van der Waals surface area contributed by atoms with Crippen molar-refractivity contribution in [1.29, 1.82) is 0 Å². The number of piperidine rings is 3. The highest BCUT2D eigenvalue weighted by Crippen LogP contribution is 2.36. The average Bonchev–Trinajstić information content (AvgIpc) is 2.73. The first-order valence-electron chi connectivity index (χ1n) is 5.98. The molecule has 3 saturated heterocycles. The van der Waals surface area contributed by atoms with Gasteiger partial charge in [-0.05, 0) is 60.5 Å². The van der Waals surface area contributed by atoms with Gasteiger partial charge in [0.05, 0.1) is 0 Å². The first kappa shape index (κ1) is 11.5. The van der Waals surface area contributed by atoms with E-state index in [0.29, 0.717) is 17.7 Å². The molecule has 4 rings (SSSR count). The third kappa shape index (κ3) is 1.99. The third-order valence-electron chi connectivity index (χ3n) is 4.01. The van der Waals surface area contributed by atoms with Crippen LogP contribution in [0.15, 0.2) is 12.3 Å². The molecule has 4 nitrogen and oxygen atoms in total. The molecular weight excluding hydrogens is 331 g/mol. The maximum atomic E-state index is 11.2. The number of carboxylic acids is 1. The highest BCUT2D eigenvalue weighted by Gasteiger charge is 2.36. The molecule has 1 unspecified atom stereocenters. The lowest BCUT2D eigenvalue weighted by atomic mass is 9.84. The van der Waals surface area contributed by atoms with Crippen LogP contribution in [0.2, 0.25) is 0 Å². The fourth-order valence-corrected chi connectivity index (χ4v) is 3.74. The molecule has 0 aliphatic carbocycles. The standard InChI is InChI=1S/C12H15IN2O2/c13-9-5-10(12(16)17)15(6-9)11-7-14-3-1-8(11)2-4-14/h5-6,8,11H,1-4,7H2,(H,16,17). The summed E-state index contributed by atoms with van der Waals surface area (Å²) in [5, 5.41) is 9.24. The largest absolute Gasteiger partial charge is 0.477 e. The lowest BCUT2D eigenvalue weighted by Gasteiger charge is -2.45. The molecule has 1 aromatic heterocycles. The second-order valence-electron chi connectivity index (χ2n) is 4.96. The topological polar surface area (TPSA) is 45.5 Å². The first-order chi connectivity index (χ1) is 8.15. The molecule has 17 heavy (non-hydrogen) atoms. The van der Waals surface area contributed by atoms with Crippen LogP contribution in [0.5, 0.6) is 0 Å². The van der Waals surface area contributed by atoms with Gasteiger partial charge in [0.15, 0.2) is 0 Å². The number of hydrogen-bond acceptors (Lipinski definition) is 2. The number of rotatable bonds is 2. The van der Waals surface area contributed by atoms with Crippen LogP contribution in [0.4, 0.5) is 0 Å². The van der Waals surface area contributed by atoms with Crippen molar-refractivity contribution in [1.82, 2.24) is 9.47 Å². The van der Waals surface area contributed by atoms with E-state index in [9.17, 15) is 9.90 Å². The van der Waals surface area contributed by atoms with Crippen LogP contribution >= 0.6 is 22.6 Å². The monoisotopic (exact) mass is 346 g/mol. The zero-order valence-corrected chi connectivity index (χ0v) is 11.6. The molecule has 5 heteroatoms. The van der Waals surface area contributed by atoms with Crippen LogP contribution in [-0.4, -0.2) is 40.2 Å². The summed E-state index contributed by atoms with van der Waals surface area (Å²) in [7, 11) is 0. The van der Waals surface area contributed by atoms with E-state index in [1.165, 1.54) is 25.9 Å². The number of carbonyl (C=O) groups is 1. The van der Waals surface area contributed by atoms with Gasteiger partial charge in [0, 0.05) is 22.4 Å². The van der Waals surface area contributed by atoms with Crippen molar-refractivity contribution in [2.45, 2.75) is 18.9 Å². The SMILES string of the molecule is O=C(O)c1cc(I)cn1C1CN2CCC1CC2. The maximum absolute atomic E-state index is 11.2. The molecule has 0 amide bonds. The van der Waals surface area contributed by atoms with Crippen LogP contribution in [0, 0.1) is 9.49 Å². The Morgan fingerprint density at radius 1 is 1.41 bits per heavy atom. The molecule has 3 fully saturated rings. The van der Waals surface area contributed by atoms with E-state index in [1.807, 2.05) is 10.8 Å². The zero-order valence-electron chi connectivity index (χ0n) is 9.47. The lowest BCUT2D eigenvalue weighted by molar-refractivity contribution is 0.0509. The molecule has 92 valence electrons. The maximum Gasteiger partial charge on any atom is 0.352 e. The molecule has 0 aromatic carbocycles. The average molecular weight is 346 g/mol. The van der Waals surface area contributed by atoms with Gasteiger partial charge in [-0.25, -0.2) is 4.79 Å². The Hall–Kier alpha value is -0.560. The summed E-state index contributed by atoms with van der Waals surface area (Å²) in [6, 6.07) is 2.12. The summed E-state index contributed by atoms with van der Waals surface area (Å²) in [4.78, 5) is 13.7. The molecule has 1 atom stereocenters. The number of fused-ring (bicyclic) bond motifs is 3. The van der Waals surface area contributed by atoms with E-state index in [1.54, 1.807) is 6.07 Å². The number of aromatic carboxylic acids is 1. The van der Waals surface area contributed by atoms with Crippen molar-refractivity contribution in [3.63, 3.8) is 0 Å². The summed E-state index contributed by atoms with van der Waals surface area (Å²) < 4.78 is 3.00. The van der Waals surface area contributed by atoms with Crippen LogP contribution in [0.25, 0.3) is 0 Å². The number of nitrogens with zero attached hydrogens (tertiary/aromatic N) is 2. The first-order valence-corrected chi connectivity index (χ1v) is 7.06. The smallest absolute Gasteiger partial charge is 0.352 e. The summed E-state index contributed by atoms with van der Waals surface area (Å²) >= 11 is 2.19. The molecule has 0 saturated carbocycles. The van der Waals surface area contributed by atoms with Gasteiger partial charge in [0.1, 0.15) is 5.69 Å². The molecule has 1 N–H and O–H groups in total. The summed E-state index contributed by atoms with van der Waals surface area (Å²) in [6.07, 6.45) is 4.40. The zero-order chi connectivity index (χ0) is 12.0.